The molecule has 4 rings (SSSR count). The van der Waals surface area contributed by atoms with Gasteiger partial charge in [0.05, 0.1) is 0 Å². The van der Waals surface area contributed by atoms with Crippen LogP contribution in [0.3, 0.4) is 0 Å². The Balaban J connectivity index is 0.00000150. The largest absolute Gasteiger partial charge is 4.00 e. The molecule has 0 radical (unpaired) electrons. The molecule has 0 aliphatic heterocycles. The van der Waals surface area contributed by atoms with Gasteiger partial charge < -0.3 is 24.8 Å². The van der Waals surface area contributed by atoms with Gasteiger partial charge in [0.1, 0.15) is 0 Å². The first-order valence-corrected chi connectivity index (χ1v) is 11.7. The number of rotatable bonds is 4. The molecule has 0 bridgehead atoms. The molecule has 0 fully saturated rings. The number of benzene rings is 2. The average molecular weight is 485 g/mol. The van der Waals surface area contributed by atoms with Gasteiger partial charge in [-0.2, -0.15) is 21.5 Å². The molecule has 2 aliphatic carbocycles. The molecule has 0 N–H and O–H groups in total. The van der Waals surface area contributed by atoms with E-state index in [4.69, 9.17) is 0 Å². The minimum absolute atomic E-state index is 0. The van der Waals surface area contributed by atoms with Crippen LogP contribution in [0.15, 0.2) is 93.3 Å². The van der Waals surface area contributed by atoms with Crippen LogP contribution in [0.5, 0.6) is 0 Å². The van der Waals surface area contributed by atoms with E-state index < -0.39 is 8.07 Å². The van der Waals surface area contributed by atoms with Gasteiger partial charge in [-0.05, 0) is 0 Å². The van der Waals surface area contributed by atoms with Crippen molar-refractivity contribution in [3.05, 3.63) is 106 Å². The fraction of sp³-hybridized carbons (Fsp3) is 0.231. The number of hydrogen-bond acceptors (Lipinski definition) is 0. The third kappa shape index (κ3) is 4.29. The molecule has 0 heterocycles. The van der Waals surface area contributed by atoms with Crippen LogP contribution in [0, 0.1) is 12.2 Å². The van der Waals surface area contributed by atoms with Crippen LogP contribution in [-0.4, -0.2) is 8.07 Å². The van der Waals surface area contributed by atoms with Gasteiger partial charge in [0.25, 0.3) is 0 Å². The Morgan fingerprint density at radius 1 is 0.600 bits per heavy atom. The summed E-state index contributed by atoms with van der Waals surface area (Å²) in [6.45, 7) is 9.13. The van der Waals surface area contributed by atoms with Crippen molar-refractivity contribution in [2.75, 3.05) is 0 Å². The summed E-state index contributed by atoms with van der Waals surface area (Å²) in [5.74, 6) is 0. The van der Waals surface area contributed by atoms with Gasteiger partial charge in [-0.25, -0.2) is 11.1 Å². The smallest absolute Gasteiger partial charge is 1.00 e. The van der Waals surface area contributed by atoms with Crippen LogP contribution >= 0.6 is 0 Å². The van der Waals surface area contributed by atoms with E-state index in [1.807, 2.05) is 0 Å². The topological polar surface area (TPSA) is 0 Å². The second-order valence-electron chi connectivity index (χ2n) is 7.75. The SMILES string of the molecule is CC1=[C-]CC(C)=C1[Si](C1=C(C)C[C-]=C1C)(c1ccccc1)c1ccccc1.[Cl-].[Cl-].[Ti+4]. The van der Waals surface area contributed by atoms with Gasteiger partial charge in [0.15, 0.2) is 0 Å². The second-order valence-corrected chi connectivity index (χ2v) is 11.4. The summed E-state index contributed by atoms with van der Waals surface area (Å²) < 4.78 is 0. The summed E-state index contributed by atoms with van der Waals surface area (Å²) in [5, 5.41) is 6.03. The Labute approximate surface area is 210 Å². The first-order valence-electron chi connectivity index (χ1n) is 9.74. The van der Waals surface area contributed by atoms with Crippen LogP contribution in [0.2, 0.25) is 0 Å². The van der Waals surface area contributed by atoms with E-state index in [-0.39, 0.29) is 46.5 Å². The average Bonchev–Trinajstić information content (AvgIpc) is 3.21. The summed E-state index contributed by atoms with van der Waals surface area (Å²) in [6, 6.07) is 22.4. The van der Waals surface area contributed by atoms with Gasteiger partial charge in [0, 0.05) is 8.07 Å². The molecule has 152 valence electrons. The molecule has 0 amide bonds. The number of halogens is 2. The Bertz CT molecular complexity index is 918. The van der Waals surface area contributed by atoms with Gasteiger partial charge >= 0.3 is 21.7 Å². The molecule has 0 atom stereocenters. The Morgan fingerprint density at radius 2 is 0.933 bits per heavy atom. The molecule has 0 unspecified atom stereocenters. The van der Waals surface area contributed by atoms with Crippen molar-refractivity contribution in [3.8, 4) is 0 Å². The van der Waals surface area contributed by atoms with Gasteiger partial charge in [-0.1, -0.05) is 98.7 Å². The Kier molecular flexibility index (Phi) is 9.86. The summed E-state index contributed by atoms with van der Waals surface area (Å²) in [4.78, 5) is 0. The van der Waals surface area contributed by atoms with Crippen molar-refractivity contribution >= 4 is 18.4 Å². The van der Waals surface area contributed by atoms with Crippen molar-refractivity contribution < 1.29 is 46.5 Å². The van der Waals surface area contributed by atoms with Crippen molar-refractivity contribution in [1.82, 2.24) is 0 Å². The molecule has 0 spiro atoms. The zero-order valence-electron chi connectivity index (χ0n) is 17.9. The van der Waals surface area contributed by atoms with Gasteiger partial charge in [-0.3, -0.25) is 12.2 Å². The van der Waals surface area contributed by atoms with Crippen molar-refractivity contribution in [2.24, 2.45) is 0 Å². The molecule has 30 heavy (non-hydrogen) atoms. The summed E-state index contributed by atoms with van der Waals surface area (Å²) in [5.41, 5.74) is 5.64. The van der Waals surface area contributed by atoms with Gasteiger partial charge in [0.2, 0.25) is 0 Å². The predicted octanol–water partition coefficient (Wildman–Crippen LogP) is -0.727. The molecule has 0 saturated carbocycles. The maximum Gasteiger partial charge on any atom is 4.00 e. The monoisotopic (exact) mass is 484 g/mol. The zero-order valence-corrected chi connectivity index (χ0v) is 22.0. The van der Waals surface area contributed by atoms with E-state index in [2.05, 4.69) is 101 Å². The first-order chi connectivity index (χ1) is 13.1. The minimum atomic E-state index is -2.37. The van der Waals surface area contributed by atoms with Crippen molar-refractivity contribution in [1.29, 1.82) is 0 Å². The quantitative estimate of drug-likeness (QED) is 0.396. The predicted molar refractivity (Wildman–Crippen MR) is 117 cm³/mol. The molecule has 2 aromatic carbocycles. The molecule has 0 saturated heterocycles. The fourth-order valence-electron chi connectivity index (χ4n) is 4.97. The van der Waals surface area contributed by atoms with E-state index in [0.717, 1.165) is 12.8 Å². The van der Waals surface area contributed by atoms with Crippen molar-refractivity contribution in [3.63, 3.8) is 0 Å². The zero-order chi connectivity index (χ0) is 19.0. The first kappa shape index (κ1) is 26.9. The number of hydrogen-bond donors (Lipinski definition) is 0. The van der Waals surface area contributed by atoms with E-state index in [1.165, 1.54) is 32.7 Å². The van der Waals surface area contributed by atoms with E-state index in [1.54, 1.807) is 10.4 Å². The summed E-state index contributed by atoms with van der Waals surface area (Å²) in [6.07, 6.45) is 9.19. The maximum atomic E-state index is 3.64. The molecule has 0 nitrogen and oxygen atoms in total. The Morgan fingerprint density at radius 3 is 1.20 bits per heavy atom. The van der Waals surface area contributed by atoms with E-state index in [9.17, 15) is 0 Å². The molecular formula is C26H26Cl2SiTi. The molecular weight excluding hydrogens is 459 g/mol. The standard InChI is InChI=1S/C26H26Si.2ClH.Ti/c1-19-15-16-20(2)25(19)27(23-11-7-5-8-12-23,24-13-9-6-10-14-24)26-21(3)17-18-22(26)4;;;/h5-14H,15,17H2,1-4H3;2*1H;/q-2;;;+4/p-2. The van der Waals surface area contributed by atoms with Crippen LogP contribution in [0.25, 0.3) is 0 Å². The molecule has 0 aromatic heterocycles. The Hall–Kier alpha value is -1.09. The van der Waals surface area contributed by atoms with Crippen LogP contribution in [-0.2, 0) is 21.7 Å². The summed E-state index contributed by atoms with van der Waals surface area (Å²) in [7, 11) is -2.37. The van der Waals surface area contributed by atoms with Crippen LogP contribution < -0.4 is 35.2 Å². The van der Waals surface area contributed by atoms with Crippen LogP contribution in [0.4, 0.5) is 0 Å². The van der Waals surface area contributed by atoms with E-state index in [0.29, 0.717) is 0 Å². The third-order valence-electron chi connectivity index (χ3n) is 6.00. The summed E-state index contributed by atoms with van der Waals surface area (Å²) >= 11 is 0. The van der Waals surface area contributed by atoms with Crippen LogP contribution in [0.1, 0.15) is 40.5 Å². The third-order valence-corrected chi connectivity index (χ3v) is 11.5. The van der Waals surface area contributed by atoms with Crippen molar-refractivity contribution in [2.45, 2.75) is 40.5 Å². The van der Waals surface area contributed by atoms with Gasteiger partial charge in [-0.15, -0.1) is 12.8 Å². The second kappa shape index (κ2) is 11.0. The number of allylic oxidation sites excluding steroid dienone is 8. The minimum Gasteiger partial charge on any atom is -1.00 e. The fourth-order valence-corrected chi connectivity index (χ4v) is 10.9. The molecule has 4 heteroatoms. The molecule has 2 aromatic rings. The molecule has 2 aliphatic rings. The maximum absolute atomic E-state index is 3.64. The van der Waals surface area contributed by atoms with E-state index >= 15 is 0 Å². The normalized spacial score (nSPS) is 15.7.